The molecule has 2 aromatic rings. The summed E-state index contributed by atoms with van der Waals surface area (Å²) in [5.41, 5.74) is 0.751. The van der Waals surface area contributed by atoms with E-state index in [-0.39, 0.29) is 23.9 Å². The molecule has 1 N–H and O–H groups in total. The van der Waals surface area contributed by atoms with E-state index in [4.69, 9.17) is 34.8 Å². The van der Waals surface area contributed by atoms with Gasteiger partial charge in [-0.15, -0.1) is 0 Å². The maximum Gasteiger partial charge on any atom is 0.243 e. The Morgan fingerprint density at radius 2 is 1.75 bits per heavy atom. The minimum atomic E-state index is -3.66. The summed E-state index contributed by atoms with van der Waals surface area (Å²) >= 11 is 17.8. The van der Waals surface area contributed by atoms with Crippen LogP contribution in [0.1, 0.15) is 18.4 Å². The van der Waals surface area contributed by atoms with Gasteiger partial charge < -0.3 is 5.32 Å². The second-order valence-electron chi connectivity index (χ2n) is 6.61. The lowest BCUT2D eigenvalue weighted by molar-refractivity contribution is -0.126. The van der Waals surface area contributed by atoms with Gasteiger partial charge in [0.25, 0.3) is 0 Å². The zero-order valence-corrected chi connectivity index (χ0v) is 18.0. The lowest BCUT2D eigenvalue weighted by Crippen LogP contribution is -2.45. The molecule has 1 atom stereocenters. The summed E-state index contributed by atoms with van der Waals surface area (Å²) in [5.74, 6) is -0.607. The fraction of sp³-hybridized carbons (Fsp3) is 0.316. The van der Waals surface area contributed by atoms with Gasteiger partial charge in [-0.1, -0.05) is 40.9 Å². The fourth-order valence-corrected chi connectivity index (χ4v) is 5.25. The van der Waals surface area contributed by atoms with E-state index >= 15 is 0 Å². The number of piperidine rings is 1. The lowest BCUT2D eigenvalue weighted by atomic mass is 9.99. The second-order valence-corrected chi connectivity index (χ2v) is 9.83. The monoisotopic (exact) mass is 460 g/mol. The molecule has 1 saturated heterocycles. The number of nitrogens with zero attached hydrogens (tertiary/aromatic N) is 1. The summed E-state index contributed by atoms with van der Waals surface area (Å²) < 4.78 is 27.0. The Morgan fingerprint density at radius 1 is 1.07 bits per heavy atom. The van der Waals surface area contributed by atoms with Crippen LogP contribution in [-0.2, 0) is 21.4 Å². The van der Waals surface area contributed by atoms with Crippen LogP contribution in [0.25, 0.3) is 0 Å². The van der Waals surface area contributed by atoms with Crippen LogP contribution in [0.15, 0.2) is 47.4 Å². The van der Waals surface area contributed by atoms with Crippen LogP contribution in [0.4, 0.5) is 0 Å². The van der Waals surface area contributed by atoms with E-state index in [9.17, 15) is 13.2 Å². The smallest absolute Gasteiger partial charge is 0.243 e. The largest absolute Gasteiger partial charge is 0.352 e. The van der Waals surface area contributed by atoms with Gasteiger partial charge in [-0.2, -0.15) is 4.31 Å². The molecule has 1 amide bonds. The van der Waals surface area contributed by atoms with Crippen molar-refractivity contribution < 1.29 is 13.2 Å². The molecular formula is C19H19Cl3N2O3S. The first-order valence-corrected chi connectivity index (χ1v) is 11.3. The molecule has 0 spiro atoms. The third-order valence-corrected chi connectivity index (χ3v) is 7.39. The van der Waals surface area contributed by atoms with Crippen LogP contribution in [0.5, 0.6) is 0 Å². The Hall–Kier alpha value is -1.31. The van der Waals surface area contributed by atoms with Gasteiger partial charge in [-0.05, 0) is 54.8 Å². The second kappa shape index (κ2) is 9.01. The number of hydrogen-bond donors (Lipinski definition) is 1. The van der Waals surface area contributed by atoms with Crippen molar-refractivity contribution in [1.29, 1.82) is 0 Å². The van der Waals surface area contributed by atoms with E-state index in [2.05, 4.69) is 5.32 Å². The highest BCUT2D eigenvalue weighted by Crippen LogP contribution is 2.25. The predicted octanol–water partition coefficient (Wildman–Crippen LogP) is 4.36. The molecule has 0 radical (unpaired) electrons. The van der Waals surface area contributed by atoms with E-state index in [1.165, 1.54) is 16.4 Å². The number of nitrogens with one attached hydrogen (secondary N) is 1. The number of carbonyl (C=O) groups is 1. The molecule has 0 saturated carbocycles. The third kappa shape index (κ3) is 4.99. The molecule has 9 heteroatoms. The van der Waals surface area contributed by atoms with Gasteiger partial charge in [0.1, 0.15) is 0 Å². The normalized spacial score (nSPS) is 18.0. The summed E-state index contributed by atoms with van der Waals surface area (Å²) in [6.07, 6.45) is 1.25. The zero-order chi connectivity index (χ0) is 20.3. The van der Waals surface area contributed by atoms with Crippen LogP contribution in [-0.4, -0.2) is 31.7 Å². The van der Waals surface area contributed by atoms with Crippen LogP contribution in [0.2, 0.25) is 15.1 Å². The van der Waals surface area contributed by atoms with Crippen molar-refractivity contribution in [1.82, 2.24) is 9.62 Å². The first kappa shape index (κ1) is 21.4. The van der Waals surface area contributed by atoms with Gasteiger partial charge in [-0.3, -0.25) is 4.79 Å². The summed E-state index contributed by atoms with van der Waals surface area (Å²) in [6, 6.07) is 11.1. The quantitative estimate of drug-likeness (QED) is 0.719. The number of carbonyl (C=O) groups excluding carboxylic acids is 1. The van der Waals surface area contributed by atoms with Crippen LogP contribution in [0, 0.1) is 5.92 Å². The highest BCUT2D eigenvalue weighted by atomic mass is 35.5. The summed E-state index contributed by atoms with van der Waals surface area (Å²) in [5, 5.41) is 4.31. The minimum Gasteiger partial charge on any atom is -0.352 e. The molecule has 0 aliphatic carbocycles. The molecule has 0 unspecified atom stereocenters. The maximum absolute atomic E-state index is 12.8. The Labute approximate surface area is 179 Å². The van der Waals surface area contributed by atoms with Gasteiger partial charge in [0.15, 0.2) is 0 Å². The molecule has 0 aromatic heterocycles. The minimum absolute atomic E-state index is 0.144. The average molecular weight is 462 g/mol. The van der Waals surface area contributed by atoms with Crippen molar-refractivity contribution in [2.24, 2.45) is 5.92 Å². The molecule has 1 heterocycles. The van der Waals surface area contributed by atoms with Crippen molar-refractivity contribution in [2.45, 2.75) is 24.3 Å². The van der Waals surface area contributed by atoms with E-state index in [0.29, 0.717) is 34.5 Å². The first-order valence-electron chi connectivity index (χ1n) is 8.75. The van der Waals surface area contributed by atoms with Crippen molar-refractivity contribution in [3.63, 3.8) is 0 Å². The number of sulfonamides is 1. The Bertz CT molecular complexity index is 965. The lowest BCUT2D eigenvalue weighted by Gasteiger charge is -2.31. The van der Waals surface area contributed by atoms with E-state index < -0.39 is 15.9 Å². The molecule has 5 nitrogen and oxygen atoms in total. The van der Waals surface area contributed by atoms with Crippen LogP contribution >= 0.6 is 34.8 Å². The standard InChI is InChI=1S/C19H19Cl3N2O3S/c20-15-5-7-17(8-6-15)28(26,27)24-9-1-2-14(12-24)19(25)23-11-13-3-4-16(21)10-18(13)22/h3-8,10,14H,1-2,9,11-12H2,(H,23,25)/t14-/m0/s1. The summed E-state index contributed by atoms with van der Waals surface area (Å²) in [6.45, 7) is 0.790. The van der Waals surface area contributed by atoms with E-state index in [1.807, 2.05) is 0 Å². The number of halogens is 3. The topological polar surface area (TPSA) is 66.5 Å². The third-order valence-electron chi connectivity index (χ3n) is 4.67. The van der Waals surface area contributed by atoms with Crippen molar-refractivity contribution >= 4 is 50.7 Å². The molecule has 1 aliphatic heterocycles. The van der Waals surface area contributed by atoms with E-state index in [1.54, 1.807) is 30.3 Å². The van der Waals surface area contributed by atoms with E-state index in [0.717, 1.165) is 5.56 Å². The average Bonchev–Trinajstić information content (AvgIpc) is 2.67. The number of amides is 1. The van der Waals surface area contributed by atoms with Gasteiger partial charge in [0, 0.05) is 34.7 Å². The Balaban J connectivity index is 1.65. The van der Waals surface area contributed by atoms with Crippen molar-refractivity contribution in [3.05, 3.63) is 63.1 Å². The molecule has 150 valence electrons. The molecular weight excluding hydrogens is 443 g/mol. The molecule has 28 heavy (non-hydrogen) atoms. The molecule has 2 aromatic carbocycles. The highest BCUT2D eigenvalue weighted by molar-refractivity contribution is 7.89. The molecule has 0 bridgehead atoms. The van der Waals surface area contributed by atoms with Crippen LogP contribution < -0.4 is 5.32 Å². The number of hydrogen-bond acceptors (Lipinski definition) is 3. The van der Waals surface area contributed by atoms with Gasteiger partial charge in [0.05, 0.1) is 10.8 Å². The fourth-order valence-electron chi connectivity index (χ4n) is 3.12. The summed E-state index contributed by atoms with van der Waals surface area (Å²) in [4.78, 5) is 12.8. The Kier molecular flexibility index (Phi) is 6.89. The number of benzene rings is 2. The molecule has 1 fully saturated rings. The van der Waals surface area contributed by atoms with Crippen molar-refractivity contribution in [2.75, 3.05) is 13.1 Å². The van der Waals surface area contributed by atoms with Gasteiger partial charge in [0.2, 0.25) is 15.9 Å². The first-order chi connectivity index (χ1) is 13.3. The van der Waals surface area contributed by atoms with Crippen molar-refractivity contribution in [3.8, 4) is 0 Å². The van der Waals surface area contributed by atoms with Crippen LogP contribution in [0.3, 0.4) is 0 Å². The highest BCUT2D eigenvalue weighted by Gasteiger charge is 2.33. The Morgan fingerprint density at radius 3 is 2.43 bits per heavy atom. The zero-order valence-electron chi connectivity index (χ0n) is 14.9. The maximum atomic E-state index is 12.8. The van der Waals surface area contributed by atoms with Gasteiger partial charge in [-0.25, -0.2) is 8.42 Å². The van der Waals surface area contributed by atoms with Gasteiger partial charge >= 0.3 is 0 Å². The molecule has 3 rings (SSSR count). The molecule has 1 aliphatic rings. The SMILES string of the molecule is O=C(NCc1ccc(Cl)cc1Cl)[C@H]1CCCN(S(=O)(=O)c2ccc(Cl)cc2)C1. The number of rotatable bonds is 5. The summed E-state index contributed by atoms with van der Waals surface area (Å²) in [7, 11) is -3.66. The predicted molar refractivity (Wildman–Crippen MR) is 111 cm³/mol.